The summed E-state index contributed by atoms with van der Waals surface area (Å²) in [5.74, 6) is 1.60. The molecular formula is C20H24BrClFN5. The van der Waals surface area contributed by atoms with Gasteiger partial charge in [-0.2, -0.15) is 0 Å². The molecule has 3 N–H and O–H groups in total. The van der Waals surface area contributed by atoms with Crippen LogP contribution in [0.2, 0.25) is 5.02 Å². The van der Waals surface area contributed by atoms with E-state index >= 15 is 4.39 Å². The van der Waals surface area contributed by atoms with Crippen LogP contribution in [0.1, 0.15) is 19.3 Å². The molecule has 150 valence electrons. The van der Waals surface area contributed by atoms with Gasteiger partial charge in [0, 0.05) is 30.6 Å². The van der Waals surface area contributed by atoms with Crippen molar-refractivity contribution in [2.75, 3.05) is 43.1 Å². The van der Waals surface area contributed by atoms with Gasteiger partial charge >= 0.3 is 0 Å². The first-order valence-corrected chi connectivity index (χ1v) is 11.0. The molecule has 0 spiro atoms. The van der Waals surface area contributed by atoms with E-state index in [0.717, 1.165) is 18.8 Å². The topological polar surface area (TPSA) is 57.4 Å². The zero-order valence-electron chi connectivity index (χ0n) is 16.0. The number of nitrogens with one attached hydrogen (secondary N) is 1. The summed E-state index contributed by atoms with van der Waals surface area (Å²) >= 11 is 9.52. The number of nitrogens with two attached hydrogens (primary N) is 1. The van der Waals surface area contributed by atoms with Crippen LogP contribution in [-0.4, -0.2) is 49.2 Å². The van der Waals surface area contributed by atoms with Crippen molar-refractivity contribution < 1.29 is 4.39 Å². The predicted molar refractivity (Wildman–Crippen MR) is 117 cm³/mol. The van der Waals surface area contributed by atoms with Crippen LogP contribution in [0.15, 0.2) is 10.5 Å². The molecule has 8 heteroatoms. The molecule has 28 heavy (non-hydrogen) atoms. The largest absolute Gasteiger partial charge is 0.394 e. The van der Waals surface area contributed by atoms with E-state index in [1.165, 1.54) is 19.3 Å². The smallest absolute Gasteiger partial charge is 0.165 e. The van der Waals surface area contributed by atoms with Gasteiger partial charge in [0.1, 0.15) is 5.52 Å². The molecular weight excluding hydrogens is 445 g/mol. The lowest BCUT2D eigenvalue weighted by Gasteiger charge is -2.44. The highest BCUT2D eigenvalue weighted by Gasteiger charge is 2.47. The van der Waals surface area contributed by atoms with E-state index in [0.29, 0.717) is 51.4 Å². The molecule has 1 aromatic heterocycles. The first kappa shape index (κ1) is 18.7. The van der Waals surface area contributed by atoms with Gasteiger partial charge in [-0.25, -0.2) is 9.37 Å². The number of anilines is 3. The molecule has 3 saturated carbocycles. The second kappa shape index (κ2) is 6.61. The van der Waals surface area contributed by atoms with Crippen molar-refractivity contribution in [2.45, 2.75) is 31.3 Å². The Bertz CT molecular complexity index is 948. The number of benzene rings is 1. The number of fused-ring (bicyclic) bond motifs is 2. The third-order valence-corrected chi connectivity index (χ3v) is 8.17. The summed E-state index contributed by atoms with van der Waals surface area (Å²) in [5, 5.41) is 4.64. The van der Waals surface area contributed by atoms with Crippen LogP contribution in [0.5, 0.6) is 0 Å². The Hall–Kier alpha value is -1.31. The van der Waals surface area contributed by atoms with Gasteiger partial charge in [0.05, 0.1) is 20.9 Å². The number of hydrogen-bond acceptors (Lipinski definition) is 5. The number of nitrogens with zero attached hydrogens (tertiary/aromatic N) is 3. The van der Waals surface area contributed by atoms with Crippen LogP contribution in [0.4, 0.5) is 21.6 Å². The standard InChI is InChI=1S/C20H24BrClFN5/c1-27(2)11-7-28(8-11)20-16(24)19(25-17-9-3-4-10(17)5-9)12-6-13(22)14(21)15(23)18(12)26-20/h6,9-11,17H,3-5,7-8,24H2,1-2H3,(H,25,26)/t9-,10+,17?. The fourth-order valence-corrected chi connectivity index (χ4v) is 5.45. The van der Waals surface area contributed by atoms with Crippen molar-refractivity contribution in [2.24, 2.45) is 11.8 Å². The molecule has 6 rings (SSSR count). The van der Waals surface area contributed by atoms with Crippen molar-refractivity contribution in [1.82, 2.24) is 9.88 Å². The molecule has 1 aliphatic heterocycles. The molecule has 0 radical (unpaired) electrons. The van der Waals surface area contributed by atoms with Gasteiger partial charge in [-0.15, -0.1) is 0 Å². The summed E-state index contributed by atoms with van der Waals surface area (Å²) in [6.45, 7) is 1.67. The van der Waals surface area contributed by atoms with E-state index in [9.17, 15) is 0 Å². The molecule has 5 nitrogen and oxygen atoms in total. The van der Waals surface area contributed by atoms with E-state index < -0.39 is 5.82 Å². The molecule has 3 atom stereocenters. The Balaban J connectivity index is 1.61. The first-order valence-electron chi connectivity index (χ1n) is 9.79. The number of hydrogen-bond donors (Lipinski definition) is 2. The predicted octanol–water partition coefficient (Wildman–Crippen LogP) is 4.33. The highest BCUT2D eigenvalue weighted by molar-refractivity contribution is 9.10. The average molecular weight is 469 g/mol. The van der Waals surface area contributed by atoms with Gasteiger partial charge in [-0.3, -0.25) is 0 Å². The van der Waals surface area contributed by atoms with E-state index in [-0.39, 0.29) is 4.47 Å². The van der Waals surface area contributed by atoms with Crippen molar-refractivity contribution in [3.05, 3.63) is 21.4 Å². The first-order chi connectivity index (χ1) is 13.3. The lowest BCUT2D eigenvalue weighted by molar-refractivity contribution is 0.246. The number of rotatable bonds is 4. The summed E-state index contributed by atoms with van der Waals surface area (Å²) in [4.78, 5) is 8.95. The molecule has 2 aromatic rings. The van der Waals surface area contributed by atoms with Gasteiger partial charge in [0.15, 0.2) is 11.6 Å². The molecule has 0 amide bonds. The maximum atomic E-state index is 15.1. The van der Waals surface area contributed by atoms with Crippen molar-refractivity contribution in [3.8, 4) is 0 Å². The van der Waals surface area contributed by atoms with Crippen molar-refractivity contribution >= 4 is 55.6 Å². The minimum absolute atomic E-state index is 0.245. The number of halogens is 3. The van der Waals surface area contributed by atoms with Crippen LogP contribution in [0.3, 0.4) is 0 Å². The van der Waals surface area contributed by atoms with Crippen LogP contribution >= 0.6 is 27.5 Å². The summed E-state index contributed by atoms with van der Waals surface area (Å²) in [5.41, 5.74) is 8.28. The second-order valence-electron chi connectivity index (χ2n) is 8.63. The van der Waals surface area contributed by atoms with Gasteiger partial charge in [-0.1, -0.05) is 11.6 Å². The average Bonchev–Trinajstić information content (AvgIpc) is 3.23. The molecule has 1 saturated heterocycles. The fraction of sp³-hybridized carbons (Fsp3) is 0.550. The minimum atomic E-state index is -0.437. The van der Waals surface area contributed by atoms with Crippen LogP contribution in [0.25, 0.3) is 10.9 Å². The molecule has 2 heterocycles. The maximum Gasteiger partial charge on any atom is 0.165 e. The third-order valence-electron chi connectivity index (χ3n) is 6.87. The zero-order valence-corrected chi connectivity index (χ0v) is 18.3. The van der Waals surface area contributed by atoms with E-state index in [1.807, 2.05) is 0 Å². The zero-order chi connectivity index (χ0) is 19.7. The highest BCUT2D eigenvalue weighted by atomic mass is 79.9. The lowest BCUT2D eigenvalue weighted by atomic mass is 9.78. The van der Waals surface area contributed by atoms with Gasteiger partial charge in [0.2, 0.25) is 0 Å². The summed E-state index contributed by atoms with van der Waals surface area (Å²) < 4.78 is 15.3. The minimum Gasteiger partial charge on any atom is -0.394 e. The molecule has 3 aliphatic carbocycles. The molecule has 1 unspecified atom stereocenters. The quantitative estimate of drug-likeness (QED) is 0.654. The SMILES string of the molecule is CN(C)C1CN(c2nc3c(F)c(Br)c(Cl)cc3c(NC3[C@@H]4CC[C@H]3C4)c2N)C1. The van der Waals surface area contributed by atoms with Gasteiger partial charge < -0.3 is 20.9 Å². The summed E-state index contributed by atoms with van der Waals surface area (Å²) in [6.07, 6.45) is 3.80. The van der Waals surface area contributed by atoms with Crippen molar-refractivity contribution in [1.29, 1.82) is 0 Å². The second-order valence-corrected chi connectivity index (χ2v) is 9.83. The van der Waals surface area contributed by atoms with Gasteiger partial charge in [0.25, 0.3) is 0 Å². The summed E-state index contributed by atoms with van der Waals surface area (Å²) in [7, 11) is 4.13. The monoisotopic (exact) mass is 467 g/mol. The van der Waals surface area contributed by atoms with E-state index in [1.54, 1.807) is 6.07 Å². The Morgan fingerprint density at radius 2 is 2.00 bits per heavy atom. The third kappa shape index (κ3) is 2.70. The number of pyridine rings is 1. The molecule has 4 fully saturated rings. The number of nitrogen functional groups attached to an aromatic ring is 1. The Morgan fingerprint density at radius 1 is 1.32 bits per heavy atom. The van der Waals surface area contributed by atoms with Gasteiger partial charge in [-0.05, 0) is 67.2 Å². The fourth-order valence-electron chi connectivity index (χ4n) is 4.96. The van der Waals surface area contributed by atoms with E-state index in [2.05, 4.69) is 50.1 Å². The van der Waals surface area contributed by atoms with Crippen LogP contribution in [-0.2, 0) is 0 Å². The Labute approximate surface area is 177 Å². The molecule has 4 aliphatic rings. The maximum absolute atomic E-state index is 15.1. The number of likely N-dealkylation sites (N-methyl/N-ethyl adjacent to an activating group) is 1. The Morgan fingerprint density at radius 3 is 2.61 bits per heavy atom. The normalized spacial score (nSPS) is 26.6. The number of aromatic nitrogens is 1. The molecule has 2 bridgehead atoms. The van der Waals surface area contributed by atoms with E-state index in [4.69, 9.17) is 17.3 Å². The Kier molecular flexibility index (Phi) is 4.41. The highest BCUT2D eigenvalue weighted by Crippen LogP contribution is 2.51. The van der Waals surface area contributed by atoms with Crippen LogP contribution in [0, 0.1) is 17.7 Å². The lowest BCUT2D eigenvalue weighted by Crippen LogP contribution is -2.58. The van der Waals surface area contributed by atoms with Crippen molar-refractivity contribution in [3.63, 3.8) is 0 Å². The molecule has 1 aromatic carbocycles. The summed E-state index contributed by atoms with van der Waals surface area (Å²) in [6, 6.07) is 2.63. The van der Waals surface area contributed by atoms with Crippen LogP contribution < -0.4 is 16.0 Å².